The van der Waals surface area contributed by atoms with Crippen molar-refractivity contribution in [3.8, 4) is 0 Å². The minimum Gasteiger partial charge on any atom is -0.0550 e. The highest BCUT2D eigenvalue weighted by molar-refractivity contribution is 9.12. The monoisotopic (exact) mass is 370 g/mol. The Morgan fingerprint density at radius 3 is 1.06 bits per heavy atom. The van der Waals surface area contributed by atoms with Crippen LogP contribution in [0.4, 0.5) is 0 Å². The molecule has 0 unspecified atom stereocenters. The van der Waals surface area contributed by atoms with Crippen LogP contribution >= 0.6 is 31.9 Å². The van der Waals surface area contributed by atoms with Crippen molar-refractivity contribution in [3.63, 3.8) is 0 Å². The van der Waals surface area contributed by atoms with E-state index in [1.54, 1.807) is 20.1 Å². The molecular weight excluding hydrogens is 352 g/mol. The number of halogens is 2. The zero-order valence-electron chi connectivity index (χ0n) is 10.7. The smallest absolute Gasteiger partial charge is 0.00196 e. The molecule has 4 bridgehead atoms. The summed E-state index contributed by atoms with van der Waals surface area (Å²) in [4.78, 5) is 0. The Morgan fingerprint density at radius 2 is 0.778 bits per heavy atom. The zero-order valence-corrected chi connectivity index (χ0v) is 13.9. The highest BCUT2D eigenvalue weighted by Gasteiger charge is 2.42. The van der Waals surface area contributed by atoms with Crippen LogP contribution in [0.2, 0.25) is 0 Å². The van der Waals surface area contributed by atoms with Gasteiger partial charge in [0.05, 0.1) is 0 Å². The van der Waals surface area contributed by atoms with Gasteiger partial charge in [-0.05, 0) is 86.2 Å². The van der Waals surface area contributed by atoms with Gasteiger partial charge in [-0.2, -0.15) is 0 Å². The molecule has 0 amide bonds. The second-order valence-electron chi connectivity index (χ2n) is 6.62. The number of allylic oxidation sites excluding steroid dienone is 4. The van der Waals surface area contributed by atoms with Gasteiger partial charge in [-0.15, -0.1) is 0 Å². The Labute approximate surface area is 127 Å². The predicted molar refractivity (Wildman–Crippen MR) is 82.8 cm³/mol. The molecule has 6 aliphatic carbocycles. The molecule has 0 nitrogen and oxygen atoms in total. The number of fused-ring (bicyclic) bond motifs is 5. The molecule has 18 heavy (non-hydrogen) atoms. The summed E-state index contributed by atoms with van der Waals surface area (Å²) in [5.74, 6) is 3.43. The first-order chi connectivity index (χ1) is 8.75. The molecular formula is C16H20Br2. The third kappa shape index (κ3) is 1.67. The average molecular weight is 372 g/mol. The topological polar surface area (TPSA) is 0 Å². The average Bonchev–Trinajstić information content (AvgIpc) is 2.43. The minimum atomic E-state index is 0.846. The maximum absolute atomic E-state index is 3.97. The minimum absolute atomic E-state index is 0.846. The van der Waals surface area contributed by atoms with E-state index in [0.717, 1.165) is 23.7 Å². The Bertz CT molecular complexity index is 388. The first-order valence-electron chi connectivity index (χ1n) is 7.55. The zero-order chi connectivity index (χ0) is 12.3. The lowest BCUT2D eigenvalue weighted by Crippen LogP contribution is -2.32. The summed E-state index contributed by atoms with van der Waals surface area (Å²) < 4.78 is 3.18. The Kier molecular flexibility index (Phi) is 3.04. The van der Waals surface area contributed by atoms with Gasteiger partial charge >= 0.3 is 0 Å². The van der Waals surface area contributed by atoms with Gasteiger partial charge in [0.15, 0.2) is 0 Å². The van der Waals surface area contributed by atoms with Gasteiger partial charge in [0.2, 0.25) is 0 Å². The van der Waals surface area contributed by atoms with E-state index in [1.807, 2.05) is 0 Å². The Hall–Kier alpha value is 0.440. The molecule has 2 fully saturated rings. The Balaban J connectivity index is 1.83. The van der Waals surface area contributed by atoms with Crippen molar-refractivity contribution in [1.82, 2.24) is 0 Å². The second kappa shape index (κ2) is 4.48. The van der Waals surface area contributed by atoms with Crippen LogP contribution in [0.25, 0.3) is 0 Å². The van der Waals surface area contributed by atoms with E-state index in [4.69, 9.17) is 0 Å². The van der Waals surface area contributed by atoms with Crippen molar-refractivity contribution in [2.75, 3.05) is 0 Å². The van der Waals surface area contributed by atoms with Gasteiger partial charge in [-0.3, -0.25) is 0 Å². The highest BCUT2D eigenvalue weighted by atomic mass is 79.9. The van der Waals surface area contributed by atoms with E-state index in [9.17, 15) is 0 Å². The summed E-state index contributed by atoms with van der Waals surface area (Å²) in [5.41, 5.74) is 3.50. The van der Waals surface area contributed by atoms with Crippen LogP contribution in [0.15, 0.2) is 20.1 Å². The molecule has 0 aromatic heterocycles. The summed E-state index contributed by atoms with van der Waals surface area (Å²) in [5, 5.41) is 0. The van der Waals surface area contributed by atoms with Crippen LogP contribution in [0.1, 0.15) is 51.4 Å². The van der Waals surface area contributed by atoms with Gasteiger partial charge in [0.25, 0.3) is 0 Å². The molecule has 6 aliphatic rings. The third-order valence-electron chi connectivity index (χ3n) is 5.79. The quantitative estimate of drug-likeness (QED) is 0.536. The van der Waals surface area contributed by atoms with Crippen molar-refractivity contribution in [2.24, 2.45) is 23.7 Å². The number of hydrogen-bond acceptors (Lipinski definition) is 0. The number of rotatable bonds is 1. The molecule has 0 N–H and O–H groups in total. The molecule has 0 saturated heterocycles. The van der Waals surface area contributed by atoms with E-state index in [1.165, 1.54) is 51.4 Å². The summed E-state index contributed by atoms with van der Waals surface area (Å²) >= 11 is 7.94. The normalized spacial score (nSPS) is 43.0. The SMILES string of the molecule is BrC1=C(C2=C(Br)C3CCC2CC3)C2CCC1CC2. The number of hydrogen-bond donors (Lipinski definition) is 0. The lowest BCUT2D eigenvalue weighted by Gasteiger charge is -2.45. The molecule has 98 valence electrons. The van der Waals surface area contributed by atoms with Gasteiger partial charge in [0.1, 0.15) is 0 Å². The molecule has 0 radical (unpaired) electrons. The predicted octanol–water partition coefficient (Wildman–Crippen LogP) is 5.92. The van der Waals surface area contributed by atoms with Gasteiger partial charge in [0, 0.05) is 8.96 Å². The van der Waals surface area contributed by atoms with Crippen molar-refractivity contribution in [2.45, 2.75) is 51.4 Å². The second-order valence-corrected chi connectivity index (χ2v) is 8.33. The van der Waals surface area contributed by atoms with Gasteiger partial charge in [-0.25, -0.2) is 0 Å². The maximum atomic E-state index is 3.97. The van der Waals surface area contributed by atoms with Crippen molar-refractivity contribution in [3.05, 3.63) is 20.1 Å². The highest BCUT2D eigenvalue weighted by Crippen LogP contribution is 2.57. The molecule has 0 aromatic carbocycles. The van der Waals surface area contributed by atoms with Crippen LogP contribution in [0, 0.1) is 23.7 Å². The summed E-state index contributed by atoms with van der Waals surface area (Å²) in [7, 11) is 0. The lowest BCUT2D eigenvalue weighted by atomic mass is 9.62. The molecule has 0 aliphatic heterocycles. The molecule has 0 heterocycles. The summed E-state index contributed by atoms with van der Waals surface area (Å²) in [6.45, 7) is 0. The molecule has 0 atom stereocenters. The van der Waals surface area contributed by atoms with E-state index in [0.29, 0.717) is 0 Å². The van der Waals surface area contributed by atoms with Crippen molar-refractivity contribution in [1.29, 1.82) is 0 Å². The largest absolute Gasteiger partial charge is 0.0550 e. The van der Waals surface area contributed by atoms with E-state index < -0.39 is 0 Å². The van der Waals surface area contributed by atoms with Crippen LogP contribution < -0.4 is 0 Å². The third-order valence-corrected chi connectivity index (χ3v) is 7.94. The summed E-state index contributed by atoms with van der Waals surface area (Å²) in [6, 6.07) is 0. The molecule has 0 spiro atoms. The van der Waals surface area contributed by atoms with Crippen molar-refractivity contribution < 1.29 is 0 Å². The van der Waals surface area contributed by atoms with Gasteiger partial charge < -0.3 is 0 Å². The van der Waals surface area contributed by atoms with E-state index in [2.05, 4.69) is 31.9 Å². The van der Waals surface area contributed by atoms with Crippen LogP contribution in [-0.4, -0.2) is 0 Å². The maximum Gasteiger partial charge on any atom is 0.00196 e. The molecule has 0 aromatic rings. The molecule has 6 rings (SSSR count). The van der Waals surface area contributed by atoms with Crippen LogP contribution in [0.3, 0.4) is 0 Å². The fourth-order valence-corrected chi connectivity index (χ4v) is 6.79. The first-order valence-corrected chi connectivity index (χ1v) is 9.13. The van der Waals surface area contributed by atoms with E-state index in [-0.39, 0.29) is 0 Å². The van der Waals surface area contributed by atoms with Crippen LogP contribution in [-0.2, 0) is 0 Å². The van der Waals surface area contributed by atoms with Gasteiger partial charge in [-0.1, -0.05) is 31.9 Å². The Morgan fingerprint density at radius 1 is 0.500 bits per heavy atom. The fraction of sp³-hybridized carbons (Fsp3) is 0.750. The van der Waals surface area contributed by atoms with E-state index >= 15 is 0 Å². The molecule has 2 heteroatoms. The fourth-order valence-electron chi connectivity index (χ4n) is 4.80. The molecule has 2 saturated carbocycles. The standard InChI is InChI=1S/C16H20Br2/c17-15-11-5-1-9(2-6-11)13(15)14-10-3-7-12(8-4-10)16(14)18/h9-12H,1-8H2. The lowest BCUT2D eigenvalue weighted by molar-refractivity contribution is 0.278. The first kappa shape index (κ1) is 12.2. The van der Waals surface area contributed by atoms with Crippen LogP contribution in [0.5, 0.6) is 0 Å². The van der Waals surface area contributed by atoms with Crippen molar-refractivity contribution >= 4 is 31.9 Å². The summed E-state index contributed by atoms with van der Waals surface area (Å²) in [6.07, 6.45) is 11.5.